The van der Waals surface area contributed by atoms with Crippen LogP contribution in [0.25, 0.3) is 0 Å². The van der Waals surface area contributed by atoms with Crippen LogP contribution in [0.3, 0.4) is 0 Å². The Labute approximate surface area is 119 Å². The number of nitrogens with one attached hydrogen (secondary N) is 1. The van der Waals surface area contributed by atoms with Crippen LogP contribution in [0.2, 0.25) is 0 Å². The molecule has 110 valence electrons. The van der Waals surface area contributed by atoms with E-state index in [1.807, 2.05) is 18.2 Å². The fourth-order valence-electron chi connectivity index (χ4n) is 2.09. The van der Waals surface area contributed by atoms with Gasteiger partial charge < -0.3 is 11.1 Å². The van der Waals surface area contributed by atoms with E-state index in [-0.39, 0.29) is 0 Å². The molecule has 0 rings (SSSR count). The van der Waals surface area contributed by atoms with Crippen LogP contribution in [0.5, 0.6) is 0 Å². The second-order valence-corrected chi connectivity index (χ2v) is 4.86. The van der Waals surface area contributed by atoms with Gasteiger partial charge in [0.25, 0.3) is 0 Å². The molecule has 19 heavy (non-hydrogen) atoms. The normalized spacial score (nSPS) is 12.3. The first kappa shape index (κ1) is 18.1. The lowest BCUT2D eigenvalue weighted by Crippen LogP contribution is -2.28. The van der Waals surface area contributed by atoms with Crippen molar-refractivity contribution in [1.82, 2.24) is 10.2 Å². The van der Waals surface area contributed by atoms with Gasteiger partial charge >= 0.3 is 0 Å². The van der Waals surface area contributed by atoms with Crippen LogP contribution in [0.4, 0.5) is 0 Å². The molecule has 0 radical (unpaired) electrons. The molecule has 0 bridgehead atoms. The van der Waals surface area contributed by atoms with Crippen LogP contribution < -0.4 is 11.1 Å². The molecule has 0 aliphatic heterocycles. The maximum Gasteiger partial charge on any atom is 0.0163 e. The van der Waals surface area contributed by atoms with Crippen LogP contribution >= 0.6 is 0 Å². The highest BCUT2D eigenvalue weighted by molar-refractivity contribution is 4.80. The van der Waals surface area contributed by atoms with Gasteiger partial charge in [-0.3, -0.25) is 4.90 Å². The van der Waals surface area contributed by atoms with Crippen molar-refractivity contribution >= 4 is 0 Å². The largest absolute Gasteiger partial charge is 0.330 e. The minimum absolute atomic E-state index is 0.614. The van der Waals surface area contributed by atoms with Crippen LogP contribution in [0, 0.1) is 5.92 Å². The zero-order valence-electron chi connectivity index (χ0n) is 12.3. The van der Waals surface area contributed by atoms with E-state index in [1.54, 1.807) is 0 Å². The molecule has 0 aromatic rings. The molecular weight excluding hydrogens is 234 g/mol. The Hall–Kier alpha value is -0.900. The first-order chi connectivity index (χ1) is 9.28. The summed E-state index contributed by atoms with van der Waals surface area (Å²) in [7, 11) is 0. The Morgan fingerprint density at radius 3 is 2.26 bits per heavy atom. The van der Waals surface area contributed by atoms with Crippen LogP contribution in [0.1, 0.15) is 19.3 Å². The number of rotatable bonds is 14. The molecule has 0 saturated heterocycles. The topological polar surface area (TPSA) is 41.3 Å². The third-order valence-electron chi connectivity index (χ3n) is 3.22. The lowest BCUT2D eigenvalue weighted by molar-refractivity contribution is 0.293. The average Bonchev–Trinajstić information content (AvgIpc) is 2.42. The molecule has 0 saturated carbocycles. The third kappa shape index (κ3) is 10.7. The monoisotopic (exact) mass is 265 g/mol. The summed E-state index contributed by atoms with van der Waals surface area (Å²) in [5.41, 5.74) is 5.85. The molecule has 3 heteroatoms. The smallest absolute Gasteiger partial charge is 0.0163 e. The molecule has 0 heterocycles. The van der Waals surface area contributed by atoms with E-state index in [0.29, 0.717) is 5.92 Å². The standard InChI is InChI=1S/C16H31N3/c1-4-10-18-11-7-8-16(15-17)9-14-19(12-5-2)13-6-3/h4-6,16,18H,1-3,7-15,17H2. The van der Waals surface area contributed by atoms with Gasteiger partial charge in [0.15, 0.2) is 0 Å². The molecule has 0 aromatic heterocycles. The SMILES string of the molecule is C=CCNCCCC(CN)CCN(CC=C)CC=C. The number of nitrogens with zero attached hydrogens (tertiary/aromatic N) is 1. The molecule has 3 nitrogen and oxygen atoms in total. The van der Waals surface area contributed by atoms with Gasteiger partial charge in [-0.05, 0) is 44.8 Å². The highest BCUT2D eigenvalue weighted by Gasteiger charge is 2.09. The maximum absolute atomic E-state index is 5.85. The van der Waals surface area contributed by atoms with Crippen molar-refractivity contribution < 1.29 is 0 Å². The van der Waals surface area contributed by atoms with Crippen molar-refractivity contribution in [3.63, 3.8) is 0 Å². The molecule has 1 atom stereocenters. The second kappa shape index (κ2) is 13.5. The molecule has 0 spiro atoms. The molecule has 3 N–H and O–H groups in total. The van der Waals surface area contributed by atoms with Gasteiger partial charge in [-0.1, -0.05) is 18.2 Å². The molecular formula is C16H31N3. The summed E-state index contributed by atoms with van der Waals surface area (Å²) in [5.74, 6) is 0.614. The number of hydrogen-bond acceptors (Lipinski definition) is 3. The minimum Gasteiger partial charge on any atom is -0.330 e. The van der Waals surface area contributed by atoms with Gasteiger partial charge in [-0.15, -0.1) is 19.7 Å². The molecule has 0 amide bonds. The van der Waals surface area contributed by atoms with E-state index in [4.69, 9.17) is 5.73 Å². The number of hydrogen-bond donors (Lipinski definition) is 2. The number of nitrogens with two attached hydrogens (primary N) is 1. The summed E-state index contributed by atoms with van der Waals surface area (Å²) in [5, 5.41) is 3.32. The van der Waals surface area contributed by atoms with Gasteiger partial charge in [0, 0.05) is 19.6 Å². The quantitative estimate of drug-likeness (QED) is 0.374. The van der Waals surface area contributed by atoms with Crippen molar-refractivity contribution in [3.8, 4) is 0 Å². The maximum atomic E-state index is 5.85. The Bertz CT molecular complexity index is 228. The first-order valence-corrected chi connectivity index (χ1v) is 7.24. The van der Waals surface area contributed by atoms with Crippen LogP contribution in [-0.2, 0) is 0 Å². The van der Waals surface area contributed by atoms with Gasteiger partial charge in [0.05, 0.1) is 0 Å². The zero-order valence-corrected chi connectivity index (χ0v) is 12.3. The summed E-state index contributed by atoms with van der Waals surface area (Å²) >= 11 is 0. The highest BCUT2D eigenvalue weighted by Crippen LogP contribution is 2.10. The molecule has 0 fully saturated rings. The molecule has 0 aliphatic carbocycles. The van der Waals surface area contributed by atoms with Crippen molar-refractivity contribution in [2.45, 2.75) is 19.3 Å². The van der Waals surface area contributed by atoms with Gasteiger partial charge in [-0.2, -0.15) is 0 Å². The fourth-order valence-corrected chi connectivity index (χ4v) is 2.09. The first-order valence-electron chi connectivity index (χ1n) is 7.24. The summed E-state index contributed by atoms with van der Waals surface area (Å²) in [6, 6.07) is 0. The highest BCUT2D eigenvalue weighted by atomic mass is 15.1. The third-order valence-corrected chi connectivity index (χ3v) is 3.22. The van der Waals surface area contributed by atoms with Crippen molar-refractivity contribution in [2.24, 2.45) is 11.7 Å². The summed E-state index contributed by atoms with van der Waals surface area (Å²) in [6.45, 7) is 16.9. The van der Waals surface area contributed by atoms with E-state index >= 15 is 0 Å². The van der Waals surface area contributed by atoms with Gasteiger partial charge in [0.2, 0.25) is 0 Å². The van der Waals surface area contributed by atoms with Gasteiger partial charge in [0.1, 0.15) is 0 Å². The lowest BCUT2D eigenvalue weighted by Gasteiger charge is -2.22. The lowest BCUT2D eigenvalue weighted by atomic mass is 9.99. The minimum atomic E-state index is 0.614. The summed E-state index contributed by atoms with van der Waals surface area (Å²) in [4.78, 5) is 2.35. The summed E-state index contributed by atoms with van der Waals surface area (Å²) < 4.78 is 0. The van der Waals surface area contributed by atoms with E-state index in [0.717, 1.165) is 45.7 Å². The Morgan fingerprint density at radius 1 is 1.05 bits per heavy atom. The van der Waals surface area contributed by atoms with Crippen molar-refractivity contribution in [3.05, 3.63) is 38.0 Å². The van der Waals surface area contributed by atoms with E-state index in [2.05, 4.69) is 30.0 Å². The molecule has 0 aromatic carbocycles. The van der Waals surface area contributed by atoms with Crippen LogP contribution in [0.15, 0.2) is 38.0 Å². The van der Waals surface area contributed by atoms with Crippen molar-refractivity contribution in [2.75, 3.05) is 39.3 Å². The Kier molecular flexibility index (Phi) is 12.9. The van der Waals surface area contributed by atoms with E-state index in [9.17, 15) is 0 Å². The van der Waals surface area contributed by atoms with E-state index in [1.165, 1.54) is 12.8 Å². The molecule has 0 aliphatic rings. The second-order valence-electron chi connectivity index (χ2n) is 4.86. The Balaban J connectivity index is 3.79. The predicted molar refractivity (Wildman–Crippen MR) is 86.3 cm³/mol. The Morgan fingerprint density at radius 2 is 1.74 bits per heavy atom. The van der Waals surface area contributed by atoms with Crippen molar-refractivity contribution in [1.29, 1.82) is 0 Å². The van der Waals surface area contributed by atoms with Gasteiger partial charge in [-0.25, -0.2) is 0 Å². The predicted octanol–water partition coefficient (Wildman–Crippen LogP) is 2.18. The average molecular weight is 265 g/mol. The molecule has 1 unspecified atom stereocenters. The zero-order chi connectivity index (χ0) is 14.3. The summed E-state index contributed by atoms with van der Waals surface area (Å²) in [6.07, 6.45) is 9.30. The van der Waals surface area contributed by atoms with E-state index < -0.39 is 0 Å². The fraction of sp³-hybridized carbons (Fsp3) is 0.625. The van der Waals surface area contributed by atoms with Crippen LogP contribution in [-0.4, -0.2) is 44.2 Å².